The van der Waals surface area contributed by atoms with E-state index in [4.69, 9.17) is 0 Å². The largest absolute Gasteiger partial charge is 0.396 e. The minimum absolute atomic E-state index is 0.0547. The van der Waals surface area contributed by atoms with Gasteiger partial charge in [0.05, 0.1) is 24.9 Å². The molecule has 4 aliphatic carbocycles. The molecule has 4 fully saturated rings. The first kappa shape index (κ1) is 17.3. The zero-order chi connectivity index (χ0) is 17.4. The fourth-order valence-corrected chi connectivity index (χ4v) is 7.93. The number of aliphatic hydroxyl groups excluding tert-OH is 3. The molecule has 4 N–H and O–H groups in total. The molecule has 0 amide bonds. The molecule has 0 aromatic heterocycles. The van der Waals surface area contributed by atoms with Gasteiger partial charge in [-0.05, 0) is 80.0 Å². The Labute approximate surface area is 145 Å². The van der Waals surface area contributed by atoms with Gasteiger partial charge in [0.25, 0.3) is 0 Å². The van der Waals surface area contributed by atoms with Crippen LogP contribution in [-0.2, 0) is 0 Å². The van der Waals surface area contributed by atoms with Gasteiger partial charge in [0.1, 0.15) is 0 Å². The topological polar surface area (TPSA) is 80.9 Å². The van der Waals surface area contributed by atoms with E-state index in [9.17, 15) is 20.4 Å². The molecule has 0 heterocycles. The Morgan fingerprint density at radius 1 is 0.917 bits per heavy atom. The quantitative estimate of drug-likeness (QED) is 0.621. The molecule has 0 unspecified atom stereocenters. The molecule has 4 saturated carbocycles. The monoisotopic (exact) mass is 338 g/mol. The standard InChI is InChI=1S/C20H34O4/c1-17(11-21)15-4-3-13-9-14-10-19(13,7-8-20(14,24)12-22)18(15,2)6-5-16(17)23/h13-16,21-24H,3-12H2,1-2H3/t13-,14-,15-,16+,17-,18-,19+,20-/m0/s1. The summed E-state index contributed by atoms with van der Waals surface area (Å²) in [6.45, 7) is 4.43. The van der Waals surface area contributed by atoms with Crippen LogP contribution in [0.15, 0.2) is 0 Å². The van der Waals surface area contributed by atoms with Crippen LogP contribution in [0.3, 0.4) is 0 Å². The fraction of sp³-hybridized carbons (Fsp3) is 1.00. The lowest BCUT2D eigenvalue weighted by molar-refractivity contribution is -0.216. The third-order valence-corrected chi connectivity index (χ3v) is 9.54. The van der Waals surface area contributed by atoms with E-state index in [1.165, 1.54) is 0 Å². The summed E-state index contributed by atoms with van der Waals surface area (Å²) < 4.78 is 0. The predicted octanol–water partition coefficient (Wildman–Crippen LogP) is 2.09. The second kappa shape index (κ2) is 5.18. The summed E-state index contributed by atoms with van der Waals surface area (Å²) in [7, 11) is 0. The molecule has 4 heteroatoms. The van der Waals surface area contributed by atoms with Gasteiger partial charge in [-0.1, -0.05) is 13.8 Å². The van der Waals surface area contributed by atoms with Crippen LogP contribution >= 0.6 is 0 Å². The molecule has 0 aromatic carbocycles. The Morgan fingerprint density at radius 2 is 1.67 bits per heavy atom. The number of fused-ring (bicyclic) bond motifs is 2. The van der Waals surface area contributed by atoms with Crippen molar-refractivity contribution in [3.8, 4) is 0 Å². The second-order valence-electron chi connectivity index (χ2n) is 10.0. The summed E-state index contributed by atoms with van der Waals surface area (Å²) in [5.41, 5.74) is -0.949. The van der Waals surface area contributed by atoms with Crippen LogP contribution in [0, 0.1) is 34.0 Å². The highest BCUT2D eigenvalue weighted by molar-refractivity contribution is 5.19. The highest BCUT2D eigenvalue weighted by atomic mass is 16.3. The lowest BCUT2D eigenvalue weighted by Gasteiger charge is -2.66. The Kier molecular flexibility index (Phi) is 3.73. The molecule has 0 aliphatic heterocycles. The minimum Gasteiger partial charge on any atom is -0.396 e. The maximum atomic E-state index is 10.9. The zero-order valence-electron chi connectivity index (χ0n) is 15.2. The molecule has 4 rings (SSSR count). The van der Waals surface area contributed by atoms with E-state index in [1.807, 2.05) is 0 Å². The van der Waals surface area contributed by atoms with Gasteiger partial charge in [-0.15, -0.1) is 0 Å². The first-order valence-electron chi connectivity index (χ1n) is 9.88. The summed E-state index contributed by atoms with van der Waals surface area (Å²) in [5.74, 6) is 1.18. The fourth-order valence-electron chi connectivity index (χ4n) is 7.93. The average Bonchev–Trinajstić information content (AvgIpc) is 2.93. The Bertz CT molecular complexity index is 524. The van der Waals surface area contributed by atoms with E-state index in [0.29, 0.717) is 18.3 Å². The Hall–Kier alpha value is -0.160. The summed E-state index contributed by atoms with van der Waals surface area (Å²) in [5, 5.41) is 41.3. The van der Waals surface area contributed by atoms with Crippen molar-refractivity contribution in [2.75, 3.05) is 13.2 Å². The molecule has 138 valence electrons. The zero-order valence-corrected chi connectivity index (χ0v) is 15.2. The van der Waals surface area contributed by atoms with Crippen molar-refractivity contribution in [1.29, 1.82) is 0 Å². The molecule has 2 bridgehead atoms. The maximum absolute atomic E-state index is 10.9. The average molecular weight is 338 g/mol. The van der Waals surface area contributed by atoms with Gasteiger partial charge in [-0.2, -0.15) is 0 Å². The lowest BCUT2D eigenvalue weighted by Crippen LogP contribution is -2.63. The van der Waals surface area contributed by atoms with Gasteiger partial charge in [-0.3, -0.25) is 0 Å². The number of hydrogen-bond donors (Lipinski definition) is 4. The maximum Gasteiger partial charge on any atom is 0.0905 e. The summed E-state index contributed by atoms with van der Waals surface area (Å²) >= 11 is 0. The third kappa shape index (κ3) is 1.84. The molecule has 0 aromatic rings. The van der Waals surface area contributed by atoms with E-state index in [2.05, 4.69) is 13.8 Å². The van der Waals surface area contributed by atoms with Crippen molar-refractivity contribution in [3.05, 3.63) is 0 Å². The molecule has 8 atom stereocenters. The van der Waals surface area contributed by atoms with Gasteiger partial charge in [-0.25, -0.2) is 0 Å². The van der Waals surface area contributed by atoms with Crippen molar-refractivity contribution < 1.29 is 20.4 Å². The van der Waals surface area contributed by atoms with Crippen LogP contribution in [-0.4, -0.2) is 45.3 Å². The summed E-state index contributed by atoms with van der Waals surface area (Å²) in [6.07, 6.45) is 7.33. The third-order valence-electron chi connectivity index (χ3n) is 9.54. The predicted molar refractivity (Wildman–Crippen MR) is 91.2 cm³/mol. The van der Waals surface area contributed by atoms with E-state index < -0.39 is 17.1 Å². The van der Waals surface area contributed by atoms with E-state index in [1.54, 1.807) is 0 Å². The van der Waals surface area contributed by atoms with E-state index in [-0.39, 0.29) is 30.0 Å². The first-order chi connectivity index (χ1) is 11.3. The van der Waals surface area contributed by atoms with Gasteiger partial charge in [0, 0.05) is 5.41 Å². The molecule has 0 radical (unpaired) electrons. The number of rotatable bonds is 2. The highest BCUT2D eigenvalue weighted by Gasteiger charge is 2.70. The van der Waals surface area contributed by atoms with E-state index >= 15 is 0 Å². The Morgan fingerprint density at radius 3 is 2.33 bits per heavy atom. The molecular weight excluding hydrogens is 304 g/mol. The molecule has 0 saturated heterocycles. The van der Waals surface area contributed by atoms with Gasteiger partial charge in [0.15, 0.2) is 0 Å². The lowest BCUT2D eigenvalue weighted by atomic mass is 9.39. The van der Waals surface area contributed by atoms with Crippen LogP contribution in [0.5, 0.6) is 0 Å². The number of aliphatic hydroxyl groups is 4. The van der Waals surface area contributed by atoms with Gasteiger partial charge < -0.3 is 20.4 Å². The van der Waals surface area contributed by atoms with Crippen molar-refractivity contribution in [3.63, 3.8) is 0 Å². The molecule has 1 spiro atoms. The Balaban J connectivity index is 1.74. The molecule has 4 aliphatic rings. The van der Waals surface area contributed by atoms with Gasteiger partial charge in [0.2, 0.25) is 0 Å². The van der Waals surface area contributed by atoms with Crippen LogP contribution in [0.4, 0.5) is 0 Å². The van der Waals surface area contributed by atoms with Crippen LogP contribution in [0.1, 0.15) is 65.2 Å². The smallest absolute Gasteiger partial charge is 0.0905 e. The SMILES string of the molecule is C[C@@]1(CO)[C@H](O)CC[C@@]2(C)[C@H]1CC[C@H]1C[C@H]3C[C@]12CC[C@]3(O)CO. The van der Waals surface area contributed by atoms with Crippen molar-refractivity contribution in [1.82, 2.24) is 0 Å². The number of hydrogen-bond acceptors (Lipinski definition) is 4. The molecule has 4 nitrogen and oxygen atoms in total. The minimum atomic E-state index is -0.886. The first-order valence-corrected chi connectivity index (χ1v) is 9.88. The van der Waals surface area contributed by atoms with Gasteiger partial charge >= 0.3 is 0 Å². The normalized spacial score (nSPS) is 59.8. The van der Waals surface area contributed by atoms with Crippen molar-refractivity contribution in [2.45, 2.75) is 76.9 Å². The molecule has 24 heavy (non-hydrogen) atoms. The summed E-state index contributed by atoms with van der Waals surface area (Å²) in [6, 6.07) is 0. The van der Waals surface area contributed by atoms with Crippen LogP contribution < -0.4 is 0 Å². The van der Waals surface area contributed by atoms with Crippen LogP contribution in [0.25, 0.3) is 0 Å². The van der Waals surface area contributed by atoms with Crippen LogP contribution in [0.2, 0.25) is 0 Å². The van der Waals surface area contributed by atoms with Crippen molar-refractivity contribution >= 4 is 0 Å². The van der Waals surface area contributed by atoms with Crippen molar-refractivity contribution in [2.24, 2.45) is 34.0 Å². The molecular formula is C20H34O4. The summed E-state index contributed by atoms with van der Waals surface area (Å²) in [4.78, 5) is 0. The second-order valence-corrected chi connectivity index (χ2v) is 10.0. The van der Waals surface area contributed by atoms with E-state index in [0.717, 1.165) is 44.9 Å². The highest BCUT2D eigenvalue weighted by Crippen LogP contribution is 2.75.